The van der Waals surface area contributed by atoms with Gasteiger partial charge < -0.3 is 14.7 Å². The van der Waals surface area contributed by atoms with E-state index in [1.165, 1.54) is 35.2 Å². The van der Waals surface area contributed by atoms with Crippen LogP contribution in [0.2, 0.25) is 0 Å². The largest absolute Gasteiger partial charge is 0.503 e. The first kappa shape index (κ1) is 23.3. The molecule has 0 aromatic heterocycles. The third-order valence-corrected chi connectivity index (χ3v) is 5.98. The number of benzene rings is 2. The second-order valence-electron chi connectivity index (χ2n) is 8.07. The van der Waals surface area contributed by atoms with E-state index in [0.29, 0.717) is 25.3 Å². The van der Waals surface area contributed by atoms with Gasteiger partial charge in [-0.3, -0.25) is 24.6 Å². The van der Waals surface area contributed by atoms with Gasteiger partial charge in [0.15, 0.2) is 11.5 Å². The summed E-state index contributed by atoms with van der Waals surface area (Å²) in [5.41, 5.74) is 1.18. The zero-order valence-electron chi connectivity index (χ0n) is 18.5. The molecule has 176 valence electrons. The standard InChI is InChI=1S/C25H25N3O6/c29-21(11-6-18-4-2-1-3-5-18)22-23(19-7-9-20(10-8-19)28(32)33)27(25(31)24(22)30)13-12-26-14-16-34-17-15-26/h1-11,23,30H,12-17H2/b11-6+. The van der Waals surface area contributed by atoms with Crippen molar-refractivity contribution in [3.8, 4) is 0 Å². The molecule has 2 heterocycles. The van der Waals surface area contributed by atoms with Crippen LogP contribution in [0.4, 0.5) is 5.69 Å². The SMILES string of the molecule is O=C(/C=C/c1ccccc1)C1=C(O)C(=O)N(CCN2CCOCC2)C1c1ccc([N+](=O)[O-])cc1. The zero-order valence-corrected chi connectivity index (χ0v) is 18.5. The summed E-state index contributed by atoms with van der Waals surface area (Å²) in [5, 5.41) is 21.8. The fourth-order valence-electron chi connectivity index (χ4n) is 4.16. The van der Waals surface area contributed by atoms with E-state index in [1.807, 2.05) is 30.3 Å². The second-order valence-corrected chi connectivity index (χ2v) is 8.07. The summed E-state index contributed by atoms with van der Waals surface area (Å²) >= 11 is 0. The summed E-state index contributed by atoms with van der Waals surface area (Å²) in [6.45, 7) is 3.51. The van der Waals surface area contributed by atoms with Gasteiger partial charge in [0.05, 0.1) is 29.8 Å². The van der Waals surface area contributed by atoms with Crippen LogP contribution in [0, 0.1) is 10.1 Å². The number of nitro groups is 1. The number of hydrogen-bond donors (Lipinski definition) is 1. The Labute approximate surface area is 196 Å². The molecular weight excluding hydrogens is 438 g/mol. The van der Waals surface area contributed by atoms with Gasteiger partial charge >= 0.3 is 0 Å². The average molecular weight is 463 g/mol. The van der Waals surface area contributed by atoms with Crippen molar-refractivity contribution in [2.75, 3.05) is 39.4 Å². The van der Waals surface area contributed by atoms with Crippen LogP contribution in [-0.4, -0.2) is 70.9 Å². The van der Waals surface area contributed by atoms with E-state index in [2.05, 4.69) is 4.90 Å². The van der Waals surface area contributed by atoms with E-state index < -0.39 is 28.4 Å². The first-order valence-electron chi connectivity index (χ1n) is 11.0. The number of nitrogens with zero attached hydrogens (tertiary/aromatic N) is 3. The smallest absolute Gasteiger partial charge is 0.290 e. The first-order chi connectivity index (χ1) is 16.5. The van der Waals surface area contributed by atoms with Gasteiger partial charge in [-0.1, -0.05) is 36.4 Å². The van der Waals surface area contributed by atoms with E-state index in [-0.39, 0.29) is 17.8 Å². The van der Waals surface area contributed by atoms with Crippen molar-refractivity contribution < 1.29 is 24.4 Å². The molecule has 9 nitrogen and oxygen atoms in total. The number of morpholine rings is 1. The molecule has 0 saturated carbocycles. The molecule has 1 amide bonds. The van der Waals surface area contributed by atoms with E-state index in [4.69, 9.17) is 4.74 Å². The Morgan fingerprint density at radius 3 is 2.41 bits per heavy atom. The van der Waals surface area contributed by atoms with Crippen molar-refractivity contribution in [1.82, 2.24) is 9.80 Å². The van der Waals surface area contributed by atoms with E-state index >= 15 is 0 Å². The molecule has 0 spiro atoms. The lowest BCUT2D eigenvalue weighted by molar-refractivity contribution is -0.384. The van der Waals surface area contributed by atoms with Crippen molar-refractivity contribution in [3.63, 3.8) is 0 Å². The van der Waals surface area contributed by atoms with Gasteiger partial charge in [0, 0.05) is 38.3 Å². The summed E-state index contributed by atoms with van der Waals surface area (Å²) in [4.78, 5) is 40.4. The van der Waals surface area contributed by atoms with Crippen LogP contribution in [0.3, 0.4) is 0 Å². The number of ketones is 1. The Hall–Kier alpha value is -3.82. The minimum atomic E-state index is -0.845. The van der Waals surface area contributed by atoms with Gasteiger partial charge in [-0.25, -0.2) is 0 Å². The van der Waals surface area contributed by atoms with Crippen molar-refractivity contribution in [1.29, 1.82) is 0 Å². The number of allylic oxidation sites excluding steroid dienone is 1. The van der Waals surface area contributed by atoms with Crippen molar-refractivity contribution in [2.45, 2.75) is 6.04 Å². The highest BCUT2D eigenvalue weighted by Crippen LogP contribution is 2.38. The average Bonchev–Trinajstić information content (AvgIpc) is 3.12. The van der Waals surface area contributed by atoms with Gasteiger partial charge in [-0.2, -0.15) is 0 Å². The molecule has 2 aliphatic rings. The number of ether oxygens (including phenoxy) is 1. The molecule has 2 aromatic rings. The monoisotopic (exact) mass is 463 g/mol. The molecule has 0 radical (unpaired) electrons. The van der Waals surface area contributed by atoms with Crippen LogP contribution in [0.15, 0.2) is 72.0 Å². The number of carbonyl (C=O) groups excluding carboxylic acids is 2. The molecule has 34 heavy (non-hydrogen) atoms. The predicted octanol–water partition coefficient (Wildman–Crippen LogP) is 2.90. The summed E-state index contributed by atoms with van der Waals surface area (Å²) in [7, 11) is 0. The zero-order chi connectivity index (χ0) is 24.1. The van der Waals surface area contributed by atoms with Crippen LogP contribution in [0.25, 0.3) is 6.08 Å². The Balaban J connectivity index is 1.64. The number of rotatable bonds is 8. The predicted molar refractivity (Wildman–Crippen MR) is 125 cm³/mol. The van der Waals surface area contributed by atoms with E-state index in [1.54, 1.807) is 6.08 Å². The lowest BCUT2D eigenvalue weighted by Gasteiger charge is -2.31. The number of aliphatic hydroxyl groups is 1. The highest BCUT2D eigenvalue weighted by molar-refractivity contribution is 6.14. The van der Waals surface area contributed by atoms with Crippen LogP contribution in [-0.2, 0) is 14.3 Å². The Morgan fingerprint density at radius 2 is 1.76 bits per heavy atom. The number of amides is 1. The van der Waals surface area contributed by atoms with Gasteiger partial charge in [0.25, 0.3) is 11.6 Å². The minimum absolute atomic E-state index is 0.0342. The molecule has 0 bridgehead atoms. The highest BCUT2D eigenvalue weighted by atomic mass is 16.6. The Kier molecular flexibility index (Phi) is 7.15. The lowest BCUT2D eigenvalue weighted by Crippen LogP contribution is -2.43. The number of aliphatic hydroxyl groups excluding tert-OH is 1. The Morgan fingerprint density at radius 1 is 1.09 bits per heavy atom. The van der Waals surface area contributed by atoms with E-state index in [0.717, 1.165) is 18.7 Å². The molecule has 9 heteroatoms. The van der Waals surface area contributed by atoms with Crippen LogP contribution < -0.4 is 0 Å². The van der Waals surface area contributed by atoms with Crippen molar-refractivity contribution in [3.05, 3.63) is 93.2 Å². The third-order valence-electron chi connectivity index (χ3n) is 5.98. The number of hydrogen-bond acceptors (Lipinski definition) is 7. The maximum absolute atomic E-state index is 13.2. The van der Waals surface area contributed by atoms with Gasteiger partial charge in [0.1, 0.15) is 0 Å². The molecule has 2 aromatic carbocycles. The molecule has 1 fully saturated rings. The maximum Gasteiger partial charge on any atom is 0.290 e. The van der Waals surface area contributed by atoms with E-state index in [9.17, 15) is 24.8 Å². The fourth-order valence-corrected chi connectivity index (χ4v) is 4.16. The number of carbonyl (C=O) groups is 2. The summed E-state index contributed by atoms with van der Waals surface area (Å²) in [6, 6.07) is 14.1. The molecule has 1 saturated heterocycles. The van der Waals surface area contributed by atoms with Gasteiger partial charge in [0.2, 0.25) is 0 Å². The lowest BCUT2D eigenvalue weighted by atomic mass is 9.95. The second kappa shape index (κ2) is 10.4. The quantitative estimate of drug-likeness (QED) is 0.364. The summed E-state index contributed by atoms with van der Waals surface area (Å²) < 4.78 is 5.36. The van der Waals surface area contributed by atoms with Gasteiger partial charge in [-0.05, 0) is 29.3 Å². The van der Waals surface area contributed by atoms with Crippen LogP contribution in [0.5, 0.6) is 0 Å². The fraction of sp³-hybridized carbons (Fsp3) is 0.280. The van der Waals surface area contributed by atoms with Crippen LogP contribution >= 0.6 is 0 Å². The molecular formula is C25H25N3O6. The minimum Gasteiger partial charge on any atom is -0.503 e. The summed E-state index contributed by atoms with van der Waals surface area (Å²) in [5.74, 6) is -1.71. The highest BCUT2D eigenvalue weighted by Gasteiger charge is 2.43. The molecule has 1 unspecified atom stereocenters. The number of non-ortho nitro benzene ring substituents is 1. The molecule has 1 atom stereocenters. The molecule has 4 rings (SSSR count). The summed E-state index contributed by atoms with van der Waals surface area (Å²) in [6.07, 6.45) is 2.95. The number of nitro benzene ring substituents is 1. The molecule has 1 N–H and O–H groups in total. The molecule has 0 aliphatic carbocycles. The third kappa shape index (κ3) is 5.05. The van der Waals surface area contributed by atoms with Crippen molar-refractivity contribution >= 4 is 23.5 Å². The topological polar surface area (TPSA) is 113 Å². The Bertz CT molecular complexity index is 1120. The normalized spacial score (nSPS) is 19.2. The molecule has 2 aliphatic heterocycles. The van der Waals surface area contributed by atoms with Crippen molar-refractivity contribution in [2.24, 2.45) is 0 Å². The first-order valence-corrected chi connectivity index (χ1v) is 11.0. The van der Waals surface area contributed by atoms with Crippen LogP contribution in [0.1, 0.15) is 17.2 Å². The van der Waals surface area contributed by atoms with Gasteiger partial charge in [-0.15, -0.1) is 0 Å². The maximum atomic E-state index is 13.2.